The lowest BCUT2D eigenvalue weighted by atomic mass is 10.1. The molecule has 0 saturated carbocycles. The number of amides is 1. The van der Waals surface area contributed by atoms with Gasteiger partial charge in [0.2, 0.25) is 5.91 Å². The third kappa shape index (κ3) is 5.67. The van der Waals surface area contributed by atoms with E-state index in [1.165, 1.54) is 9.47 Å². The third-order valence-electron chi connectivity index (χ3n) is 4.71. The standard InChI is InChI=1S/C21H28Cl2N4O3/c1-4-5-11-26(16(28)10-9-14-7-6-8-15(22)17(14)23)18-19(24)27(12-13(2)3)21(30)25-20(18)29/h6-8,13H,4-5,9-12,24H2,1-3H3,(H,25,29,30). The molecule has 0 aliphatic rings. The molecule has 9 heteroatoms. The van der Waals surface area contributed by atoms with Crippen molar-refractivity contribution in [3.8, 4) is 0 Å². The van der Waals surface area contributed by atoms with E-state index in [0.29, 0.717) is 36.0 Å². The molecule has 1 aromatic heterocycles. The van der Waals surface area contributed by atoms with E-state index >= 15 is 0 Å². The van der Waals surface area contributed by atoms with Gasteiger partial charge in [0.05, 0.1) is 10.0 Å². The smallest absolute Gasteiger partial charge is 0.330 e. The average molecular weight is 455 g/mol. The van der Waals surface area contributed by atoms with Gasteiger partial charge in [-0.1, -0.05) is 62.5 Å². The molecule has 0 radical (unpaired) electrons. The van der Waals surface area contributed by atoms with E-state index in [0.717, 1.165) is 12.0 Å². The summed E-state index contributed by atoms with van der Waals surface area (Å²) < 4.78 is 1.31. The second-order valence-corrected chi connectivity index (χ2v) is 8.39. The number of aromatic nitrogens is 2. The normalized spacial score (nSPS) is 11.1. The quantitative estimate of drug-likeness (QED) is 0.600. The minimum atomic E-state index is -0.664. The number of anilines is 2. The van der Waals surface area contributed by atoms with Gasteiger partial charge < -0.3 is 10.6 Å². The van der Waals surface area contributed by atoms with Gasteiger partial charge in [-0.2, -0.15) is 0 Å². The molecule has 30 heavy (non-hydrogen) atoms. The SMILES string of the molecule is CCCCN(C(=O)CCc1cccc(Cl)c1Cl)c1c(N)n(CC(C)C)c(=O)[nH]c1=O. The molecule has 3 N–H and O–H groups in total. The number of nitrogens with zero attached hydrogens (tertiary/aromatic N) is 2. The first kappa shape index (κ1) is 24.0. The van der Waals surface area contributed by atoms with E-state index in [4.69, 9.17) is 28.9 Å². The monoisotopic (exact) mass is 454 g/mol. The third-order valence-corrected chi connectivity index (χ3v) is 5.57. The zero-order chi connectivity index (χ0) is 22.4. The number of aromatic amines is 1. The lowest BCUT2D eigenvalue weighted by Crippen LogP contribution is -2.42. The Balaban J connectivity index is 2.39. The number of carbonyl (C=O) groups is 1. The van der Waals surface area contributed by atoms with Crippen LogP contribution in [0.1, 0.15) is 45.6 Å². The number of nitrogen functional groups attached to an aromatic ring is 1. The molecule has 7 nitrogen and oxygen atoms in total. The van der Waals surface area contributed by atoms with Crippen LogP contribution in [0.4, 0.5) is 11.5 Å². The fourth-order valence-corrected chi connectivity index (χ4v) is 3.59. The molecule has 0 spiro atoms. The van der Waals surface area contributed by atoms with Gasteiger partial charge in [-0.15, -0.1) is 0 Å². The molecule has 0 aliphatic heterocycles. The number of rotatable bonds is 9. The lowest BCUT2D eigenvalue weighted by Gasteiger charge is -2.25. The summed E-state index contributed by atoms with van der Waals surface area (Å²) in [4.78, 5) is 41.6. The number of nitrogens with two attached hydrogens (primary N) is 1. The van der Waals surface area contributed by atoms with Crippen LogP contribution in [-0.2, 0) is 17.8 Å². The first-order chi connectivity index (χ1) is 14.2. The highest BCUT2D eigenvalue weighted by atomic mass is 35.5. The van der Waals surface area contributed by atoms with Crippen molar-refractivity contribution in [2.75, 3.05) is 17.2 Å². The number of nitrogens with one attached hydrogen (secondary N) is 1. The fourth-order valence-electron chi connectivity index (χ4n) is 3.18. The number of hydrogen-bond acceptors (Lipinski definition) is 4. The van der Waals surface area contributed by atoms with Crippen molar-refractivity contribution in [2.24, 2.45) is 5.92 Å². The van der Waals surface area contributed by atoms with Crippen LogP contribution >= 0.6 is 23.2 Å². The predicted molar refractivity (Wildman–Crippen MR) is 123 cm³/mol. The molecule has 0 fully saturated rings. The van der Waals surface area contributed by atoms with Crippen molar-refractivity contribution in [2.45, 2.75) is 53.0 Å². The second kappa shape index (κ2) is 10.7. The van der Waals surface area contributed by atoms with E-state index < -0.39 is 11.2 Å². The van der Waals surface area contributed by atoms with Crippen LogP contribution in [-0.4, -0.2) is 22.0 Å². The zero-order valence-corrected chi connectivity index (χ0v) is 19.0. The van der Waals surface area contributed by atoms with E-state index in [1.54, 1.807) is 12.1 Å². The molecule has 0 aliphatic carbocycles. The van der Waals surface area contributed by atoms with Crippen LogP contribution in [0.3, 0.4) is 0 Å². The molecule has 1 aromatic carbocycles. The Hall–Kier alpha value is -2.25. The number of unbranched alkanes of at least 4 members (excludes halogenated alkanes) is 1. The van der Waals surface area contributed by atoms with Crippen molar-refractivity contribution in [3.05, 3.63) is 54.6 Å². The highest BCUT2D eigenvalue weighted by molar-refractivity contribution is 6.42. The minimum Gasteiger partial charge on any atom is -0.383 e. The van der Waals surface area contributed by atoms with Gasteiger partial charge in [0.1, 0.15) is 5.82 Å². The maximum Gasteiger partial charge on any atom is 0.330 e. The van der Waals surface area contributed by atoms with E-state index in [-0.39, 0.29) is 29.8 Å². The van der Waals surface area contributed by atoms with Gasteiger partial charge in [0.25, 0.3) is 5.56 Å². The molecule has 0 atom stereocenters. The van der Waals surface area contributed by atoms with Crippen LogP contribution in [0.5, 0.6) is 0 Å². The van der Waals surface area contributed by atoms with Crippen LogP contribution < -0.4 is 21.9 Å². The topological polar surface area (TPSA) is 101 Å². The molecular weight excluding hydrogens is 427 g/mol. The fraction of sp³-hybridized carbons (Fsp3) is 0.476. The number of benzene rings is 1. The predicted octanol–water partition coefficient (Wildman–Crippen LogP) is 3.85. The van der Waals surface area contributed by atoms with E-state index in [1.807, 2.05) is 26.8 Å². The van der Waals surface area contributed by atoms with E-state index in [2.05, 4.69) is 4.98 Å². The van der Waals surface area contributed by atoms with Crippen LogP contribution in [0, 0.1) is 5.92 Å². The molecule has 164 valence electrons. The minimum absolute atomic E-state index is 0.00249. The Bertz CT molecular complexity index is 1010. The van der Waals surface area contributed by atoms with Crippen LogP contribution in [0.25, 0.3) is 0 Å². The number of halogens is 2. The Morgan fingerprint density at radius 3 is 2.60 bits per heavy atom. The van der Waals surface area contributed by atoms with Crippen molar-refractivity contribution in [3.63, 3.8) is 0 Å². The summed E-state index contributed by atoms with van der Waals surface area (Å²) >= 11 is 12.3. The summed E-state index contributed by atoms with van der Waals surface area (Å²) in [5, 5.41) is 0.834. The largest absolute Gasteiger partial charge is 0.383 e. The molecule has 2 rings (SSSR count). The number of hydrogen-bond donors (Lipinski definition) is 2. The Morgan fingerprint density at radius 1 is 1.27 bits per heavy atom. The van der Waals surface area contributed by atoms with Gasteiger partial charge >= 0.3 is 5.69 Å². The molecule has 0 bridgehead atoms. The van der Waals surface area contributed by atoms with E-state index in [9.17, 15) is 14.4 Å². The first-order valence-electron chi connectivity index (χ1n) is 10.0. The van der Waals surface area contributed by atoms with Crippen molar-refractivity contribution in [1.29, 1.82) is 0 Å². The Morgan fingerprint density at radius 2 is 1.97 bits per heavy atom. The lowest BCUT2D eigenvalue weighted by molar-refractivity contribution is -0.118. The molecule has 2 aromatic rings. The summed E-state index contributed by atoms with van der Waals surface area (Å²) in [6, 6.07) is 5.26. The van der Waals surface area contributed by atoms with Gasteiger partial charge in [0.15, 0.2) is 5.69 Å². The molecule has 1 heterocycles. The maximum absolute atomic E-state index is 13.1. The summed E-state index contributed by atoms with van der Waals surface area (Å²) in [5.41, 5.74) is 5.73. The summed E-state index contributed by atoms with van der Waals surface area (Å²) in [6.07, 6.45) is 2.00. The first-order valence-corrected chi connectivity index (χ1v) is 10.8. The van der Waals surface area contributed by atoms with Gasteiger partial charge in [0, 0.05) is 19.5 Å². The number of carbonyl (C=O) groups excluding carboxylic acids is 1. The second-order valence-electron chi connectivity index (χ2n) is 7.61. The number of aryl methyl sites for hydroxylation is 1. The van der Waals surface area contributed by atoms with Crippen molar-refractivity contribution < 1.29 is 4.79 Å². The maximum atomic E-state index is 13.1. The summed E-state index contributed by atoms with van der Waals surface area (Å²) in [5.74, 6) is -0.136. The van der Waals surface area contributed by atoms with Crippen LogP contribution in [0.2, 0.25) is 10.0 Å². The average Bonchev–Trinajstić information content (AvgIpc) is 2.68. The van der Waals surface area contributed by atoms with Gasteiger partial charge in [-0.05, 0) is 30.4 Å². The van der Waals surface area contributed by atoms with Gasteiger partial charge in [-0.25, -0.2) is 4.79 Å². The molecule has 0 saturated heterocycles. The van der Waals surface area contributed by atoms with Crippen LogP contribution in [0.15, 0.2) is 27.8 Å². The highest BCUT2D eigenvalue weighted by Crippen LogP contribution is 2.27. The van der Waals surface area contributed by atoms with Gasteiger partial charge in [-0.3, -0.25) is 19.1 Å². The zero-order valence-electron chi connectivity index (χ0n) is 17.5. The Kier molecular flexibility index (Phi) is 8.55. The molecule has 0 unspecified atom stereocenters. The van der Waals surface area contributed by atoms with Crippen molar-refractivity contribution in [1.82, 2.24) is 9.55 Å². The highest BCUT2D eigenvalue weighted by Gasteiger charge is 2.24. The Labute approximate surface area is 185 Å². The number of H-pyrrole nitrogens is 1. The molecular formula is C21H28Cl2N4O3. The summed E-state index contributed by atoms with van der Waals surface area (Å²) in [6.45, 7) is 6.52. The van der Waals surface area contributed by atoms with Crippen molar-refractivity contribution >= 4 is 40.6 Å². The molecule has 1 amide bonds. The summed E-state index contributed by atoms with van der Waals surface area (Å²) in [7, 11) is 0.